The molecule has 0 saturated carbocycles. The standard InChI is InChI=1S/C20H30N4O6S/c1-3-15-17(24-8-9-29-13-19(24)25)5-4-6-18(15)31(27,28)22-16(11-21)20(26)23-7-10-30-14(2)12-23/h4-6,14,16,22H,3,7-13,21H2,1-2H3/t14-,16+/m1/s1. The minimum absolute atomic E-state index is 0.0355. The predicted octanol–water partition coefficient (Wildman–Crippen LogP) is -0.535. The van der Waals surface area contributed by atoms with Gasteiger partial charge in [0.25, 0.3) is 5.91 Å². The van der Waals surface area contributed by atoms with Crippen LogP contribution in [0.2, 0.25) is 0 Å². The predicted molar refractivity (Wildman–Crippen MR) is 114 cm³/mol. The van der Waals surface area contributed by atoms with E-state index in [9.17, 15) is 18.0 Å². The Morgan fingerprint density at radius 3 is 2.74 bits per heavy atom. The van der Waals surface area contributed by atoms with E-state index in [4.69, 9.17) is 15.2 Å². The van der Waals surface area contributed by atoms with Gasteiger partial charge in [0.1, 0.15) is 12.6 Å². The van der Waals surface area contributed by atoms with Crippen molar-refractivity contribution in [2.24, 2.45) is 5.73 Å². The van der Waals surface area contributed by atoms with Gasteiger partial charge in [-0.3, -0.25) is 9.59 Å². The normalized spacial score (nSPS) is 21.3. The lowest BCUT2D eigenvalue weighted by molar-refractivity contribution is -0.139. The maximum Gasteiger partial charge on any atom is 0.253 e. The number of nitrogens with zero attached hydrogens (tertiary/aromatic N) is 2. The molecule has 172 valence electrons. The molecular formula is C20H30N4O6S. The molecule has 1 aromatic rings. The average Bonchev–Trinajstić information content (AvgIpc) is 2.76. The first-order valence-corrected chi connectivity index (χ1v) is 11.9. The molecule has 0 spiro atoms. The van der Waals surface area contributed by atoms with Gasteiger partial charge in [0, 0.05) is 31.9 Å². The highest BCUT2D eigenvalue weighted by Crippen LogP contribution is 2.29. The van der Waals surface area contributed by atoms with E-state index in [1.165, 1.54) is 6.07 Å². The molecule has 0 unspecified atom stereocenters. The summed E-state index contributed by atoms with van der Waals surface area (Å²) in [5.41, 5.74) is 6.81. The van der Waals surface area contributed by atoms with E-state index in [1.807, 2.05) is 13.8 Å². The molecule has 2 aliphatic heterocycles. The van der Waals surface area contributed by atoms with Crippen LogP contribution >= 0.6 is 0 Å². The molecule has 0 radical (unpaired) electrons. The molecule has 0 bridgehead atoms. The summed E-state index contributed by atoms with van der Waals surface area (Å²) in [4.78, 5) is 28.3. The number of nitrogens with one attached hydrogen (secondary N) is 1. The van der Waals surface area contributed by atoms with Crippen LogP contribution < -0.4 is 15.4 Å². The molecule has 2 aliphatic rings. The highest BCUT2D eigenvalue weighted by Gasteiger charge is 2.32. The van der Waals surface area contributed by atoms with Crippen molar-refractivity contribution in [3.8, 4) is 0 Å². The molecule has 2 atom stereocenters. The smallest absolute Gasteiger partial charge is 0.253 e. The molecule has 10 nitrogen and oxygen atoms in total. The quantitative estimate of drug-likeness (QED) is 0.566. The number of carbonyl (C=O) groups excluding carboxylic acids is 2. The summed E-state index contributed by atoms with van der Waals surface area (Å²) in [5.74, 6) is -0.598. The SMILES string of the molecule is CCc1c(N2CCOCC2=O)cccc1S(=O)(=O)N[C@@H](CN)C(=O)N1CCO[C@H](C)C1. The molecule has 11 heteroatoms. The monoisotopic (exact) mass is 454 g/mol. The summed E-state index contributed by atoms with van der Waals surface area (Å²) in [5, 5.41) is 0. The van der Waals surface area contributed by atoms with E-state index in [0.717, 1.165) is 0 Å². The number of benzene rings is 1. The van der Waals surface area contributed by atoms with E-state index in [-0.39, 0.29) is 36.0 Å². The van der Waals surface area contributed by atoms with E-state index in [1.54, 1.807) is 21.9 Å². The Kier molecular flexibility index (Phi) is 7.65. The van der Waals surface area contributed by atoms with Crippen molar-refractivity contribution in [1.82, 2.24) is 9.62 Å². The van der Waals surface area contributed by atoms with Crippen molar-refractivity contribution in [3.05, 3.63) is 23.8 Å². The topological polar surface area (TPSA) is 131 Å². The highest BCUT2D eigenvalue weighted by atomic mass is 32.2. The van der Waals surface area contributed by atoms with Crippen molar-refractivity contribution >= 4 is 27.5 Å². The molecule has 3 N–H and O–H groups in total. The lowest BCUT2D eigenvalue weighted by Gasteiger charge is -2.33. The number of hydrogen-bond acceptors (Lipinski definition) is 7. The zero-order valence-electron chi connectivity index (χ0n) is 17.9. The Hall–Kier alpha value is -2.05. The third-order valence-corrected chi connectivity index (χ3v) is 6.97. The summed E-state index contributed by atoms with van der Waals surface area (Å²) >= 11 is 0. The summed E-state index contributed by atoms with van der Waals surface area (Å²) in [6.45, 7) is 5.35. The minimum atomic E-state index is -4.07. The highest BCUT2D eigenvalue weighted by molar-refractivity contribution is 7.89. The Balaban J connectivity index is 1.87. The van der Waals surface area contributed by atoms with Crippen LogP contribution in [0, 0.1) is 0 Å². The van der Waals surface area contributed by atoms with Crippen molar-refractivity contribution in [3.63, 3.8) is 0 Å². The first kappa shape index (κ1) is 23.6. The number of carbonyl (C=O) groups is 2. The number of rotatable bonds is 7. The van der Waals surface area contributed by atoms with Gasteiger partial charge >= 0.3 is 0 Å². The number of nitrogens with two attached hydrogens (primary N) is 1. The molecule has 31 heavy (non-hydrogen) atoms. The first-order valence-electron chi connectivity index (χ1n) is 10.4. The van der Waals surface area contributed by atoms with Crippen LogP contribution in [0.5, 0.6) is 0 Å². The number of morpholine rings is 2. The van der Waals surface area contributed by atoms with Crippen molar-refractivity contribution in [2.75, 3.05) is 50.9 Å². The fraction of sp³-hybridized carbons (Fsp3) is 0.600. The number of ether oxygens (including phenoxy) is 2. The second-order valence-electron chi connectivity index (χ2n) is 7.58. The summed E-state index contributed by atoms with van der Waals surface area (Å²) < 4.78 is 39.6. The Labute approximate surface area is 182 Å². The van der Waals surface area contributed by atoms with Crippen molar-refractivity contribution in [1.29, 1.82) is 0 Å². The van der Waals surface area contributed by atoms with Gasteiger partial charge in [0.15, 0.2) is 0 Å². The van der Waals surface area contributed by atoms with Crippen LogP contribution in [0.3, 0.4) is 0 Å². The molecule has 0 aliphatic carbocycles. The summed E-state index contributed by atoms with van der Waals surface area (Å²) in [6.07, 6.45) is 0.265. The molecular weight excluding hydrogens is 424 g/mol. The van der Waals surface area contributed by atoms with Gasteiger partial charge in [-0.1, -0.05) is 13.0 Å². The Morgan fingerprint density at radius 1 is 1.32 bits per heavy atom. The van der Waals surface area contributed by atoms with Crippen molar-refractivity contribution in [2.45, 2.75) is 37.3 Å². The number of sulfonamides is 1. The van der Waals surface area contributed by atoms with Gasteiger partial charge in [-0.25, -0.2) is 8.42 Å². The Bertz CT molecular complexity index is 922. The first-order chi connectivity index (χ1) is 14.8. The number of anilines is 1. The van der Waals surface area contributed by atoms with E-state index in [0.29, 0.717) is 50.5 Å². The fourth-order valence-corrected chi connectivity index (χ4v) is 5.41. The molecule has 3 rings (SSSR count). The van der Waals surface area contributed by atoms with Gasteiger partial charge in [-0.05, 0) is 31.0 Å². The van der Waals surface area contributed by atoms with Gasteiger partial charge in [0.2, 0.25) is 15.9 Å². The summed E-state index contributed by atoms with van der Waals surface area (Å²) in [7, 11) is -4.07. The summed E-state index contributed by atoms with van der Waals surface area (Å²) in [6, 6.07) is 3.70. The zero-order valence-corrected chi connectivity index (χ0v) is 18.7. The average molecular weight is 455 g/mol. The molecule has 1 aromatic carbocycles. The van der Waals surface area contributed by atoms with E-state index in [2.05, 4.69) is 4.72 Å². The fourth-order valence-electron chi connectivity index (χ4n) is 3.88. The third kappa shape index (κ3) is 5.24. The van der Waals surface area contributed by atoms with Crippen molar-refractivity contribution < 1.29 is 27.5 Å². The van der Waals surface area contributed by atoms with Gasteiger partial charge in [0.05, 0.1) is 24.2 Å². The second-order valence-corrected chi connectivity index (χ2v) is 9.26. The van der Waals surface area contributed by atoms with E-state index < -0.39 is 16.1 Å². The number of hydrogen-bond donors (Lipinski definition) is 2. The molecule has 2 saturated heterocycles. The van der Waals surface area contributed by atoms with Crippen LogP contribution in [-0.4, -0.2) is 83.3 Å². The van der Waals surface area contributed by atoms with Gasteiger partial charge in [-0.2, -0.15) is 4.72 Å². The van der Waals surface area contributed by atoms with E-state index >= 15 is 0 Å². The second kappa shape index (κ2) is 10.0. The van der Waals surface area contributed by atoms with Crippen LogP contribution in [0.15, 0.2) is 23.1 Å². The molecule has 2 amide bonds. The molecule has 2 fully saturated rings. The van der Waals surface area contributed by atoms with Gasteiger partial charge in [-0.15, -0.1) is 0 Å². The maximum atomic E-state index is 13.3. The zero-order chi connectivity index (χ0) is 22.6. The molecule has 2 heterocycles. The maximum absolute atomic E-state index is 13.3. The Morgan fingerprint density at radius 2 is 2.10 bits per heavy atom. The van der Waals surface area contributed by atoms with Crippen LogP contribution in [0.25, 0.3) is 0 Å². The third-order valence-electron chi connectivity index (χ3n) is 5.41. The largest absolute Gasteiger partial charge is 0.375 e. The van der Waals surface area contributed by atoms with Gasteiger partial charge < -0.3 is 25.0 Å². The van der Waals surface area contributed by atoms with Crippen LogP contribution in [0.4, 0.5) is 5.69 Å². The van der Waals surface area contributed by atoms with Crippen LogP contribution in [0.1, 0.15) is 19.4 Å². The van der Waals surface area contributed by atoms with Crippen LogP contribution in [-0.2, 0) is 35.5 Å². The molecule has 0 aromatic heterocycles. The minimum Gasteiger partial charge on any atom is -0.375 e. The number of amides is 2. The lowest BCUT2D eigenvalue weighted by atomic mass is 10.1. The lowest BCUT2D eigenvalue weighted by Crippen LogP contribution is -2.55.